The highest BCUT2D eigenvalue weighted by molar-refractivity contribution is 7.21. The lowest BCUT2D eigenvalue weighted by Crippen LogP contribution is -2.45. The van der Waals surface area contributed by atoms with Gasteiger partial charge in [0.15, 0.2) is 0 Å². The van der Waals surface area contributed by atoms with E-state index in [0.29, 0.717) is 17.1 Å². The lowest BCUT2D eigenvalue weighted by molar-refractivity contribution is 0.0935. The summed E-state index contributed by atoms with van der Waals surface area (Å²) < 4.78 is 5.88. The molecule has 3 N–H and O–H groups in total. The molecule has 4 aromatic rings. The highest BCUT2D eigenvalue weighted by Crippen LogP contribution is 2.44. The first-order valence-corrected chi connectivity index (χ1v) is 12.8. The van der Waals surface area contributed by atoms with E-state index in [1.54, 1.807) is 11.1 Å². The molecule has 2 aliphatic rings. The van der Waals surface area contributed by atoms with Gasteiger partial charge >= 0.3 is 6.03 Å². The Labute approximate surface area is 212 Å². The van der Waals surface area contributed by atoms with Gasteiger partial charge in [-0.2, -0.15) is 0 Å². The van der Waals surface area contributed by atoms with Crippen LogP contribution in [0.1, 0.15) is 28.1 Å². The van der Waals surface area contributed by atoms with E-state index in [9.17, 15) is 9.59 Å². The number of carbonyl (C=O) groups excluding carboxylic acids is 2. The molecule has 2 aromatic heterocycles. The molecule has 6 rings (SSSR count). The second-order valence-electron chi connectivity index (χ2n) is 8.91. The third-order valence-corrected chi connectivity index (χ3v) is 7.52. The third kappa shape index (κ3) is 4.38. The van der Waals surface area contributed by atoms with Crippen molar-refractivity contribution in [3.8, 4) is 11.5 Å². The molecular weight excluding hydrogens is 474 g/mol. The van der Waals surface area contributed by atoms with Gasteiger partial charge in [0.2, 0.25) is 0 Å². The predicted octanol–water partition coefficient (Wildman–Crippen LogP) is 5.12. The molecular formula is C27H25N5O3S. The van der Waals surface area contributed by atoms with Gasteiger partial charge in [0, 0.05) is 18.8 Å². The van der Waals surface area contributed by atoms with Crippen molar-refractivity contribution < 1.29 is 14.3 Å². The minimum absolute atomic E-state index is 0.0840. The lowest BCUT2D eigenvalue weighted by atomic mass is 10.1. The molecule has 1 unspecified atom stereocenters. The maximum absolute atomic E-state index is 13.2. The molecule has 0 spiro atoms. The molecule has 36 heavy (non-hydrogen) atoms. The third-order valence-electron chi connectivity index (χ3n) is 6.42. The van der Waals surface area contributed by atoms with E-state index in [1.807, 2.05) is 60.7 Å². The van der Waals surface area contributed by atoms with Gasteiger partial charge in [-0.3, -0.25) is 9.69 Å². The van der Waals surface area contributed by atoms with Crippen LogP contribution in [-0.4, -0.2) is 36.1 Å². The van der Waals surface area contributed by atoms with E-state index < -0.39 is 0 Å². The number of nitrogens with zero attached hydrogens (tertiary/aromatic N) is 2. The van der Waals surface area contributed by atoms with Crippen molar-refractivity contribution in [3.63, 3.8) is 0 Å². The van der Waals surface area contributed by atoms with Gasteiger partial charge in [0.1, 0.15) is 21.2 Å². The molecule has 3 amide bonds. The van der Waals surface area contributed by atoms with Crippen LogP contribution < -0.4 is 25.6 Å². The molecule has 0 radical (unpaired) electrons. The van der Waals surface area contributed by atoms with Crippen LogP contribution >= 0.6 is 11.3 Å². The Bertz CT molecular complexity index is 1410. The Kier molecular flexibility index (Phi) is 6.00. The molecule has 1 fully saturated rings. The highest BCUT2D eigenvalue weighted by Gasteiger charge is 2.32. The van der Waals surface area contributed by atoms with Crippen molar-refractivity contribution in [2.24, 2.45) is 0 Å². The fourth-order valence-electron chi connectivity index (χ4n) is 4.65. The van der Waals surface area contributed by atoms with Crippen LogP contribution in [0.5, 0.6) is 11.5 Å². The average molecular weight is 500 g/mol. The minimum atomic E-state index is -0.272. The van der Waals surface area contributed by atoms with Gasteiger partial charge in [-0.15, -0.1) is 11.3 Å². The zero-order chi connectivity index (χ0) is 24.5. The number of anilines is 2. The summed E-state index contributed by atoms with van der Waals surface area (Å²) in [6, 6.07) is 18.9. The number of pyridine rings is 1. The van der Waals surface area contributed by atoms with Crippen molar-refractivity contribution in [3.05, 3.63) is 77.3 Å². The topological polar surface area (TPSA) is 95.6 Å². The lowest BCUT2D eigenvalue weighted by Gasteiger charge is -2.28. The van der Waals surface area contributed by atoms with Crippen LogP contribution in [-0.2, 0) is 6.54 Å². The molecule has 0 bridgehead atoms. The Morgan fingerprint density at radius 3 is 2.69 bits per heavy atom. The number of carbonyl (C=O) groups is 2. The van der Waals surface area contributed by atoms with E-state index in [0.717, 1.165) is 58.9 Å². The minimum Gasteiger partial charge on any atom is -0.457 e. The van der Waals surface area contributed by atoms with Crippen molar-refractivity contribution in [1.29, 1.82) is 0 Å². The summed E-state index contributed by atoms with van der Waals surface area (Å²) in [7, 11) is 0. The van der Waals surface area contributed by atoms with Crippen LogP contribution in [0.15, 0.2) is 66.9 Å². The summed E-state index contributed by atoms with van der Waals surface area (Å²) in [5.74, 6) is 1.32. The fourth-order valence-corrected chi connectivity index (χ4v) is 5.67. The summed E-state index contributed by atoms with van der Waals surface area (Å²) in [6.45, 7) is 2.11. The maximum Gasteiger partial charge on any atom is 0.326 e. The van der Waals surface area contributed by atoms with E-state index in [1.165, 1.54) is 11.3 Å². The van der Waals surface area contributed by atoms with E-state index in [4.69, 9.17) is 4.74 Å². The number of nitrogens with one attached hydrogen (secondary N) is 3. The van der Waals surface area contributed by atoms with Crippen molar-refractivity contribution in [1.82, 2.24) is 15.6 Å². The summed E-state index contributed by atoms with van der Waals surface area (Å²) in [5, 5.41) is 10.2. The van der Waals surface area contributed by atoms with Gasteiger partial charge in [-0.1, -0.05) is 30.3 Å². The number of rotatable bonds is 6. The number of para-hydroxylation sites is 1. The number of hydrogen-bond donors (Lipinski definition) is 3. The highest BCUT2D eigenvalue weighted by atomic mass is 32.1. The van der Waals surface area contributed by atoms with Gasteiger partial charge in [0.25, 0.3) is 5.91 Å². The van der Waals surface area contributed by atoms with Crippen molar-refractivity contribution >= 4 is 44.9 Å². The molecule has 8 nitrogen and oxygen atoms in total. The number of ether oxygens (including phenoxy) is 1. The first kappa shape index (κ1) is 22.5. The molecule has 182 valence electrons. The molecule has 2 aromatic carbocycles. The number of hydrogen-bond acceptors (Lipinski definition) is 6. The summed E-state index contributed by atoms with van der Waals surface area (Å²) >= 11 is 1.31. The number of aromatic nitrogens is 1. The summed E-state index contributed by atoms with van der Waals surface area (Å²) in [6.07, 6.45) is 3.66. The van der Waals surface area contributed by atoms with Gasteiger partial charge < -0.3 is 20.7 Å². The van der Waals surface area contributed by atoms with Gasteiger partial charge in [0.05, 0.1) is 23.3 Å². The van der Waals surface area contributed by atoms with Crippen LogP contribution in [0.4, 0.5) is 16.2 Å². The standard InChI is InChI=1S/C27H25N5O3S/c33-25(30-18-5-4-13-28-15-18)24-23-22-21(12-14-29-26(22)36-24)32(27(34)31-23)16-17-8-10-20(11-9-17)35-19-6-2-1-3-7-19/h1-3,6-12,14,18,28H,4-5,13,15-16H2,(H,30,33)(H,31,34). The molecule has 0 aliphatic carbocycles. The number of thiophene rings is 1. The molecule has 2 aliphatic heterocycles. The van der Waals surface area contributed by atoms with Crippen LogP contribution in [0, 0.1) is 0 Å². The number of amides is 3. The normalized spacial score (nSPS) is 17.1. The van der Waals surface area contributed by atoms with Gasteiger partial charge in [-0.05, 0) is 55.3 Å². The predicted molar refractivity (Wildman–Crippen MR) is 141 cm³/mol. The first-order valence-electron chi connectivity index (χ1n) is 12.0. The van der Waals surface area contributed by atoms with E-state index >= 15 is 0 Å². The molecule has 1 saturated heterocycles. The van der Waals surface area contributed by atoms with Crippen LogP contribution in [0.25, 0.3) is 10.2 Å². The molecule has 0 saturated carbocycles. The van der Waals surface area contributed by atoms with E-state index in [2.05, 4.69) is 20.9 Å². The largest absolute Gasteiger partial charge is 0.457 e. The zero-order valence-corrected chi connectivity index (χ0v) is 20.3. The van der Waals surface area contributed by atoms with Crippen molar-refractivity contribution in [2.45, 2.75) is 25.4 Å². The Hall–Kier alpha value is -3.95. The monoisotopic (exact) mass is 499 g/mol. The number of urea groups is 1. The Morgan fingerprint density at radius 1 is 1.11 bits per heavy atom. The molecule has 1 atom stereocenters. The van der Waals surface area contributed by atoms with Crippen LogP contribution in [0.2, 0.25) is 0 Å². The molecule has 9 heteroatoms. The molecule has 4 heterocycles. The van der Waals surface area contributed by atoms with Gasteiger partial charge in [-0.25, -0.2) is 9.78 Å². The quantitative estimate of drug-likeness (QED) is 0.342. The van der Waals surface area contributed by atoms with Crippen LogP contribution in [0.3, 0.4) is 0 Å². The fraction of sp³-hybridized carbons (Fsp3) is 0.222. The first-order chi connectivity index (χ1) is 17.7. The Balaban J connectivity index is 1.24. The maximum atomic E-state index is 13.2. The number of piperidine rings is 1. The average Bonchev–Trinajstić information content (AvgIpc) is 3.28. The smallest absolute Gasteiger partial charge is 0.326 e. The zero-order valence-electron chi connectivity index (χ0n) is 19.5. The second-order valence-corrected chi connectivity index (χ2v) is 9.91. The van der Waals surface area contributed by atoms with Crippen molar-refractivity contribution in [2.75, 3.05) is 23.3 Å². The SMILES string of the molecule is O=C(NC1CCCNC1)c1sc2nccc3c2c1NC(=O)N3Cc1ccc(Oc2ccccc2)cc1. The van der Waals surface area contributed by atoms with E-state index in [-0.39, 0.29) is 18.0 Å². The second kappa shape index (κ2) is 9.60. The summed E-state index contributed by atoms with van der Waals surface area (Å²) in [5.41, 5.74) is 2.25. The summed E-state index contributed by atoms with van der Waals surface area (Å²) in [4.78, 5) is 33.7. The number of benzene rings is 2. The Morgan fingerprint density at radius 2 is 1.92 bits per heavy atom.